The number of carboxylic acids is 1. The summed E-state index contributed by atoms with van der Waals surface area (Å²) < 4.78 is 39.5. The van der Waals surface area contributed by atoms with E-state index in [0.717, 1.165) is 36.1 Å². The van der Waals surface area contributed by atoms with E-state index in [0.29, 0.717) is 37.0 Å². The molecule has 2 heterocycles. The molecule has 0 unspecified atom stereocenters. The smallest absolute Gasteiger partial charge is 0.550 e. The number of benzene rings is 1. The number of carbonyl (C=O) groups is 1. The van der Waals surface area contributed by atoms with Crippen LogP contribution in [0.25, 0.3) is 0 Å². The van der Waals surface area contributed by atoms with Gasteiger partial charge in [-0.05, 0) is 79.7 Å². The average Bonchev–Trinajstić information content (AvgIpc) is 2.79. The van der Waals surface area contributed by atoms with Gasteiger partial charge in [-0.3, -0.25) is 4.90 Å². The summed E-state index contributed by atoms with van der Waals surface area (Å²) in [5, 5.41) is 11.3. The van der Waals surface area contributed by atoms with Gasteiger partial charge in [0.15, 0.2) is 0 Å². The van der Waals surface area contributed by atoms with E-state index in [-0.39, 0.29) is 54.0 Å². The Balaban J connectivity index is 0.00000456. The Morgan fingerprint density at radius 1 is 1.08 bits per heavy atom. The van der Waals surface area contributed by atoms with Gasteiger partial charge < -0.3 is 9.90 Å². The van der Waals surface area contributed by atoms with Crippen LogP contribution in [0.5, 0.6) is 0 Å². The van der Waals surface area contributed by atoms with Gasteiger partial charge in [0, 0.05) is 24.4 Å². The van der Waals surface area contributed by atoms with Crippen LogP contribution in [0.4, 0.5) is 13.2 Å². The van der Waals surface area contributed by atoms with Crippen molar-refractivity contribution in [1.82, 2.24) is 14.9 Å². The van der Waals surface area contributed by atoms with Crippen molar-refractivity contribution in [3.05, 3.63) is 59.2 Å². The second kappa shape index (κ2) is 13.4. The van der Waals surface area contributed by atoms with Crippen molar-refractivity contribution < 1.29 is 52.6 Å². The van der Waals surface area contributed by atoms with Crippen LogP contribution in [0.2, 0.25) is 0 Å². The Morgan fingerprint density at radius 2 is 1.69 bits per heavy atom. The molecule has 0 aliphatic carbocycles. The zero-order valence-corrected chi connectivity index (χ0v) is 23.9. The van der Waals surface area contributed by atoms with Gasteiger partial charge in [-0.2, -0.15) is 13.2 Å². The van der Waals surface area contributed by atoms with Crippen LogP contribution in [0.1, 0.15) is 100 Å². The van der Waals surface area contributed by atoms with E-state index in [2.05, 4.69) is 42.6 Å². The van der Waals surface area contributed by atoms with E-state index < -0.39 is 17.7 Å². The van der Waals surface area contributed by atoms with E-state index in [4.69, 9.17) is 0 Å². The van der Waals surface area contributed by atoms with Crippen molar-refractivity contribution in [2.45, 2.75) is 84.0 Å². The summed E-state index contributed by atoms with van der Waals surface area (Å²) in [5.74, 6) is 0.272. The fourth-order valence-corrected chi connectivity index (χ4v) is 4.83. The second-order valence-electron chi connectivity index (χ2n) is 10.4. The molecule has 1 aromatic heterocycles. The number of hydrogen-bond acceptors (Lipinski definition) is 5. The molecule has 36 heavy (non-hydrogen) atoms. The molecule has 1 aliphatic rings. The van der Waals surface area contributed by atoms with Crippen molar-refractivity contribution in [3.8, 4) is 0 Å². The van der Waals surface area contributed by atoms with E-state index >= 15 is 0 Å². The Morgan fingerprint density at radius 3 is 2.19 bits per heavy atom. The summed E-state index contributed by atoms with van der Waals surface area (Å²) in [6.45, 7) is 9.08. The fourth-order valence-electron chi connectivity index (χ4n) is 4.83. The van der Waals surface area contributed by atoms with Crippen LogP contribution < -0.4 is 34.7 Å². The summed E-state index contributed by atoms with van der Waals surface area (Å²) in [6, 6.07) is 4.89. The number of aromatic nitrogens is 2. The Labute approximate surface area is 234 Å². The maximum absolute atomic E-state index is 13.2. The van der Waals surface area contributed by atoms with E-state index in [1.165, 1.54) is 12.1 Å². The molecule has 5 nitrogen and oxygen atoms in total. The number of carboxylic acid groups (broad SMARTS) is 1. The first kappa shape index (κ1) is 30.7. The minimum Gasteiger partial charge on any atom is -0.550 e. The molecule has 0 bridgehead atoms. The summed E-state index contributed by atoms with van der Waals surface area (Å²) in [6.07, 6.45) is 2.20. The molecule has 1 aliphatic heterocycles. The van der Waals surface area contributed by atoms with Gasteiger partial charge >= 0.3 is 35.7 Å². The first-order chi connectivity index (χ1) is 16.5. The van der Waals surface area contributed by atoms with E-state index in [9.17, 15) is 23.1 Å². The molecular weight excluding hydrogens is 478 g/mol. The maximum Gasteiger partial charge on any atom is 1.00 e. The van der Waals surface area contributed by atoms with Gasteiger partial charge in [0.2, 0.25) is 0 Å². The molecule has 2 aromatic rings. The summed E-state index contributed by atoms with van der Waals surface area (Å²) in [7, 11) is 0. The molecular formula is C27H35F3N3NaO2. The average molecular weight is 514 g/mol. The minimum atomic E-state index is -4.41. The first-order valence-electron chi connectivity index (χ1n) is 12.4. The molecule has 3 rings (SSSR count). The number of rotatable bonds is 9. The van der Waals surface area contributed by atoms with Gasteiger partial charge in [-0.25, -0.2) is 9.97 Å². The quantitative estimate of drug-likeness (QED) is 0.483. The van der Waals surface area contributed by atoms with Crippen molar-refractivity contribution in [3.63, 3.8) is 0 Å². The minimum absolute atomic E-state index is 0. The molecule has 1 saturated heterocycles. The third-order valence-corrected chi connectivity index (χ3v) is 6.90. The molecule has 0 amide bonds. The molecule has 0 spiro atoms. The van der Waals surface area contributed by atoms with Crippen LogP contribution in [-0.4, -0.2) is 27.4 Å². The molecule has 1 fully saturated rings. The number of piperidine rings is 1. The van der Waals surface area contributed by atoms with Crippen molar-refractivity contribution in [2.24, 2.45) is 11.8 Å². The first-order valence-corrected chi connectivity index (χ1v) is 12.4. The molecule has 192 valence electrons. The Bertz CT molecular complexity index is 966. The van der Waals surface area contributed by atoms with Crippen molar-refractivity contribution >= 4 is 5.97 Å². The van der Waals surface area contributed by atoms with Crippen LogP contribution >= 0.6 is 0 Å². The normalized spacial score (nSPS) is 19.8. The SMILES string of the molecule is CC(C)CC[C@H](c1ncc(C(C)C)cn1)N1CC[C@@H](CC(=O)[O-])C[C@H]1c1ccc(C(F)(F)F)cc1.[Na+]. The number of halogens is 3. The monoisotopic (exact) mass is 513 g/mol. The summed E-state index contributed by atoms with van der Waals surface area (Å²) in [5.41, 5.74) is 1.09. The Hall–Kier alpha value is -1.48. The Kier molecular flexibility index (Phi) is 11.4. The summed E-state index contributed by atoms with van der Waals surface area (Å²) in [4.78, 5) is 22.9. The third-order valence-electron chi connectivity index (χ3n) is 6.90. The molecule has 0 N–H and O–H groups in total. The van der Waals surface area contributed by atoms with Gasteiger partial charge in [0.25, 0.3) is 0 Å². The maximum atomic E-state index is 13.2. The standard InChI is InChI=1S/C27H36F3N3O2.Na/c1-17(2)5-10-23(26-31-15-21(16-32-26)18(3)4)33-12-11-19(14-25(34)35)13-24(33)20-6-8-22(9-7-20)27(28,29)30;/h6-9,15-19,23-24H,5,10-14H2,1-4H3,(H,34,35);/q;+1/p-1/t19-,23-,24+;/m1./s1. The third kappa shape index (κ3) is 8.27. The van der Waals surface area contributed by atoms with Gasteiger partial charge in [-0.1, -0.05) is 39.8 Å². The molecule has 1 aromatic carbocycles. The van der Waals surface area contributed by atoms with Gasteiger partial charge in [0.1, 0.15) is 5.82 Å². The molecule has 0 radical (unpaired) electrons. The van der Waals surface area contributed by atoms with E-state index in [1.54, 1.807) is 0 Å². The molecule has 3 atom stereocenters. The largest absolute Gasteiger partial charge is 1.00 e. The zero-order valence-electron chi connectivity index (χ0n) is 21.9. The number of hydrogen-bond donors (Lipinski definition) is 0. The van der Waals surface area contributed by atoms with Gasteiger partial charge in [-0.15, -0.1) is 0 Å². The fraction of sp³-hybridized carbons (Fsp3) is 0.593. The predicted octanol–water partition coefficient (Wildman–Crippen LogP) is 2.69. The number of likely N-dealkylation sites (tertiary alicyclic amines) is 1. The number of carbonyl (C=O) groups excluding carboxylic acids is 1. The van der Waals surface area contributed by atoms with Crippen LogP contribution in [0.15, 0.2) is 36.7 Å². The van der Waals surface area contributed by atoms with Crippen molar-refractivity contribution in [2.75, 3.05) is 6.54 Å². The van der Waals surface area contributed by atoms with Gasteiger partial charge in [0.05, 0.1) is 11.6 Å². The zero-order chi connectivity index (χ0) is 25.8. The summed E-state index contributed by atoms with van der Waals surface area (Å²) >= 11 is 0. The number of alkyl halides is 3. The van der Waals surface area contributed by atoms with Crippen LogP contribution in [0, 0.1) is 11.8 Å². The molecule has 0 saturated carbocycles. The number of nitrogens with zero attached hydrogens (tertiary/aromatic N) is 3. The second-order valence-corrected chi connectivity index (χ2v) is 10.4. The predicted molar refractivity (Wildman–Crippen MR) is 126 cm³/mol. The molecule has 9 heteroatoms. The number of aliphatic carboxylic acids is 1. The van der Waals surface area contributed by atoms with Crippen molar-refractivity contribution in [1.29, 1.82) is 0 Å². The topological polar surface area (TPSA) is 69.2 Å². The van der Waals surface area contributed by atoms with E-state index in [1.807, 2.05) is 12.4 Å². The van der Waals surface area contributed by atoms with Crippen LogP contribution in [-0.2, 0) is 11.0 Å². The van der Waals surface area contributed by atoms with Crippen LogP contribution in [0.3, 0.4) is 0 Å².